The number of benzene rings is 1. The first-order chi connectivity index (χ1) is 13.5. The zero-order valence-corrected chi connectivity index (χ0v) is 17.6. The highest BCUT2D eigenvalue weighted by Crippen LogP contribution is 2.30. The Morgan fingerprint density at radius 3 is 2.64 bits per heavy atom. The molecule has 0 radical (unpaired) electrons. The Bertz CT molecular complexity index is 965. The van der Waals surface area contributed by atoms with Crippen LogP contribution in [0.3, 0.4) is 0 Å². The number of anilines is 1. The van der Waals surface area contributed by atoms with E-state index in [9.17, 15) is 4.79 Å². The monoisotopic (exact) mass is 397 g/mol. The van der Waals surface area contributed by atoms with E-state index in [-0.39, 0.29) is 4.87 Å². The van der Waals surface area contributed by atoms with Crippen LogP contribution in [-0.4, -0.2) is 47.1 Å². The summed E-state index contributed by atoms with van der Waals surface area (Å²) < 4.78 is 1.42. The van der Waals surface area contributed by atoms with Crippen LogP contribution in [0.4, 0.5) is 10.8 Å². The van der Waals surface area contributed by atoms with Gasteiger partial charge < -0.3 is 4.90 Å². The third-order valence-corrected chi connectivity index (χ3v) is 6.73. The standard InChI is InChI=1S/C21H27N5OS/c1-15-4-5-17-6-7-18(14-19(17)22-9-8-15)16(2)25-10-12-26(13-11-25)20-23-24(3)21(27)28-20/h6-9,14,16H,4-5,10-13H2,1-3H3/b15-8-,22-9?. The van der Waals surface area contributed by atoms with Gasteiger partial charge in [0.05, 0.1) is 5.69 Å². The van der Waals surface area contributed by atoms with Gasteiger partial charge in [-0.15, -0.1) is 5.10 Å². The molecular formula is C21H27N5OS. The minimum Gasteiger partial charge on any atom is -0.344 e. The van der Waals surface area contributed by atoms with Gasteiger partial charge in [0.1, 0.15) is 0 Å². The van der Waals surface area contributed by atoms with E-state index in [4.69, 9.17) is 0 Å². The lowest BCUT2D eigenvalue weighted by atomic mass is 9.98. The van der Waals surface area contributed by atoms with E-state index in [2.05, 4.69) is 58.0 Å². The van der Waals surface area contributed by atoms with E-state index in [1.165, 1.54) is 32.7 Å². The highest BCUT2D eigenvalue weighted by atomic mass is 32.1. The van der Waals surface area contributed by atoms with Crippen LogP contribution in [0.1, 0.15) is 37.4 Å². The van der Waals surface area contributed by atoms with Crippen LogP contribution in [0.15, 0.2) is 39.6 Å². The van der Waals surface area contributed by atoms with Crippen molar-refractivity contribution in [3.05, 3.63) is 50.6 Å². The second-order valence-electron chi connectivity index (χ2n) is 7.65. The second kappa shape index (κ2) is 8.01. The highest BCUT2D eigenvalue weighted by molar-refractivity contribution is 7.13. The smallest absolute Gasteiger partial charge is 0.326 e. The molecule has 0 amide bonds. The maximum atomic E-state index is 11.7. The Morgan fingerprint density at radius 1 is 1.14 bits per heavy atom. The number of rotatable bonds is 3. The minimum absolute atomic E-state index is 0.00262. The first-order valence-corrected chi connectivity index (χ1v) is 10.7. The van der Waals surface area contributed by atoms with Gasteiger partial charge in [0.2, 0.25) is 5.13 Å². The van der Waals surface area contributed by atoms with Crippen LogP contribution in [0.5, 0.6) is 0 Å². The topological polar surface area (TPSA) is 53.7 Å². The fourth-order valence-corrected chi connectivity index (χ4v) is 4.61. The molecule has 1 aromatic carbocycles. The van der Waals surface area contributed by atoms with E-state index >= 15 is 0 Å². The summed E-state index contributed by atoms with van der Waals surface area (Å²) in [7, 11) is 1.71. The van der Waals surface area contributed by atoms with Crippen molar-refractivity contribution in [3.63, 3.8) is 0 Å². The summed E-state index contributed by atoms with van der Waals surface area (Å²) in [6.07, 6.45) is 6.19. The number of aromatic nitrogens is 2. The summed E-state index contributed by atoms with van der Waals surface area (Å²) in [4.78, 5) is 21.1. The molecule has 4 rings (SSSR count). The average Bonchev–Trinajstić information content (AvgIpc) is 3.03. The number of hydrogen-bond acceptors (Lipinski definition) is 6. The zero-order valence-electron chi connectivity index (χ0n) is 16.8. The molecule has 28 heavy (non-hydrogen) atoms. The van der Waals surface area contributed by atoms with Crippen molar-refractivity contribution >= 4 is 28.4 Å². The first kappa shape index (κ1) is 19.1. The van der Waals surface area contributed by atoms with Gasteiger partial charge in [-0.25, -0.2) is 4.68 Å². The van der Waals surface area contributed by atoms with Crippen LogP contribution < -0.4 is 9.77 Å². The number of piperazine rings is 1. The van der Waals surface area contributed by atoms with Crippen LogP contribution in [0.25, 0.3) is 0 Å². The Hall–Kier alpha value is -2.25. The third-order valence-electron chi connectivity index (χ3n) is 5.76. The molecule has 0 bridgehead atoms. The lowest BCUT2D eigenvalue weighted by Gasteiger charge is -2.38. The van der Waals surface area contributed by atoms with Crippen LogP contribution in [0.2, 0.25) is 0 Å². The zero-order chi connectivity index (χ0) is 19.7. The SMILES string of the molecule is C/C1=C/C=Nc2cc(C(C)N3CCN(c4nn(C)c(=O)s4)CC3)ccc2CC1. The molecule has 2 aliphatic heterocycles. The highest BCUT2D eigenvalue weighted by Gasteiger charge is 2.24. The van der Waals surface area contributed by atoms with Gasteiger partial charge in [0.15, 0.2) is 0 Å². The summed E-state index contributed by atoms with van der Waals surface area (Å²) >= 11 is 1.23. The second-order valence-corrected chi connectivity index (χ2v) is 8.57. The van der Waals surface area contributed by atoms with Crippen LogP contribution in [0, 0.1) is 0 Å². The third kappa shape index (κ3) is 3.95. The molecule has 1 unspecified atom stereocenters. The quantitative estimate of drug-likeness (QED) is 0.797. The van der Waals surface area contributed by atoms with Gasteiger partial charge in [-0.3, -0.25) is 14.7 Å². The Kier molecular flexibility index (Phi) is 5.46. The molecule has 0 saturated carbocycles. The fraction of sp³-hybridized carbons (Fsp3) is 0.476. The average molecular weight is 398 g/mol. The predicted octanol–water partition coefficient (Wildman–Crippen LogP) is 3.32. The van der Waals surface area contributed by atoms with Crippen LogP contribution >= 0.6 is 11.3 Å². The molecule has 1 atom stereocenters. The molecule has 7 heteroatoms. The Morgan fingerprint density at radius 2 is 1.93 bits per heavy atom. The van der Waals surface area contributed by atoms with Crippen molar-refractivity contribution in [2.24, 2.45) is 12.0 Å². The summed E-state index contributed by atoms with van der Waals surface area (Å²) in [5, 5.41) is 5.17. The van der Waals surface area contributed by atoms with Crippen molar-refractivity contribution in [1.29, 1.82) is 0 Å². The lowest BCUT2D eigenvalue weighted by molar-refractivity contribution is 0.198. The molecule has 148 valence electrons. The van der Waals surface area contributed by atoms with E-state index < -0.39 is 0 Å². The molecule has 0 spiro atoms. The number of aryl methyl sites for hydroxylation is 2. The van der Waals surface area contributed by atoms with Gasteiger partial charge in [-0.05, 0) is 61.3 Å². The molecule has 2 aromatic rings. The van der Waals surface area contributed by atoms with Crippen molar-refractivity contribution in [2.75, 3.05) is 31.1 Å². The van der Waals surface area contributed by atoms with Gasteiger partial charge >= 0.3 is 4.87 Å². The molecular weight excluding hydrogens is 370 g/mol. The number of allylic oxidation sites excluding steroid dienone is 2. The summed E-state index contributed by atoms with van der Waals surface area (Å²) in [5.74, 6) is 0. The summed E-state index contributed by atoms with van der Waals surface area (Å²) in [6, 6.07) is 7.10. The molecule has 0 aliphatic carbocycles. The maximum absolute atomic E-state index is 11.7. The van der Waals surface area contributed by atoms with Crippen LogP contribution in [-0.2, 0) is 13.5 Å². The Balaban J connectivity index is 1.45. The minimum atomic E-state index is -0.00262. The fourth-order valence-electron chi connectivity index (χ4n) is 3.81. The normalized spacial score (nSPS) is 20.8. The van der Waals surface area contributed by atoms with Crippen molar-refractivity contribution in [1.82, 2.24) is 14.7 Å². The van der Waals surface area contributed by atoms with Crippen molar-refractivity contribution < 1.29 is 0 Å². The maximum Gasteiger partial charge on any atom is 0.326 e. The molecule has 1 fully saturated rings. The lowest BCUT2D eigenvalue weighted by Crippen LogP contribution is -2.47. The molecule has 1 saturated heterocycles. The largest absolute Gasteiger partial charge is 0.344 e. The van der Waals surface area contributed by atoms with Gasteiger partial charge in [0, 0.05) is 45.5 Å². The predicted molar refractivity (Wildman–Crippen MR) is 116 cm³/mol. The number of fused-ring (bicyclic) bond motifs is 1. The van der Waals surface area contributed by atoms with Crippen molar-refractivity contribution in [2.45, 2.75) is 32.7 Å². The summed E-state index contributed by atoms with van der Waals surface area (Å²) in [5.41, 5.74) is 5.12. The van der Waals surface area contributed by atoms with E-state index in [1.807, 2.05) is 6.21 Å². The molecule has 0 N–H and O–H groups in total. The number of hydrogen-bond donors (Lipinski definition) is 0. The number of aliphatic imine (C=N–C) groups is 1. The van der Waals surface area contributed by atoms with E-state index in [0.717, 1.165) is 49.8 Å². The molecule has 6 nitrogen and oxygen atoms in total. The van der Waals surface area contributed by atoms with Gasteiger partial charge in [0.25, 0.3) is 0 Å². The Labute approximate surface area is 169 Å². The molecule has 2 aliphatic rings. The number of nitrogens with zero attached hydrogens (tertiary/aromatic N) is 5. The van der Waals surface area contributed by atoms with Gasteiger partial charge in [-0.1, -0.05) is 17.7 Å². The van der Waals surface area contributed by atoms with Gasteiger partial charge in [-0.2, -0.15) is 0 Å². The van der Waals surface area contributed by atoms with Crippen molar-refractivity contribution in [3.8, 4) is 0 Å². The first-order valence-electron chi connectivity index (χ1n) is 9.87. The molecule has 3 heterocycles. The van der Waals surface area contributed by atoms with E-state index in [0.29, 0.717) is 6.04 Å². The van der Waals surface area contributed by atoms with E-state index in [1.54, 1.807) is 7.05 Å². The molecule has 1 aromatic heterocycles. The summed E-state index contributed by atoms with van der Waals surface area (Å²) in [6.45, 7) is 8.14.